The molecule has 0 aliphatic carbocycles. The minimum Gasteiger partial charge on any atom is -0.493 e. The maximum atomic E-state index is 11.1. The number of imidazole rings is 1. The van der Waals surface area contributed by atoms with Crippen LogP contribution in [-0.2, 0) is 4.79 Å². The number of rotatable bonds is 3. The van der Waals surface area contributed by atoms with Gasteiger partial charge in [0.25, 0.3) is 0 Å². The number of aromatic nitrogens is 4. The Kier molecular flexibility index (Phi) is 3.34. The lowest BCUT2D eigenvalue weighted by Crippen LogP contribution is -2.05. The third kappa shape index (κ3) is 2.53. The first-order chi connectivity index (χ1) is 10.6. The maximum Gasteiger partial charge on any atom is 0.222 e. The number of hydrogen-bond donors (Lipinski definition) is 2. The average Bonchev–Trinajstić information content (AvgIpc) is 2.88. The zero-order chi connectivity index (χ0) is 15.7. The van der Waals surface area contributed by atoms with Crippen LogP contribution in [0.25, 0.3) is 16.9 Å². The highest BCUT2D eigenvalue weighted by molar-refractivity contribution is 5.87. The van der Waals surface area contributed by atoms with Crippen LogP contribution < -0.4 is 15.8 Å². The standard InChI is InChI=1S/C14H14N6O2/c1-8(21)17-12-7-20-13(18-12)4-3-10(19-20)9-5-11(22-2)14(15)16-6-9/h3-7H,1-2H3,(H2,15,16)(H,17,21). The molecule has 0 atom stereocenters. The van der Waals surface area contributed by atoms with Crippen LogP contribution in [0.3, 0.4) is 0 Å². The molecule has 3 aromatic heterocycles. The van der Waals surface area contributed by atoms with E-state index < -0.39 is 0 Å². The van der Waals surface area contributed by atoms with E-state index in [1.165, 1.54) is 14.0 Å². The number of nitrogen functional groups attached to an aromatic ring is 1. The van der Waals surface area contributed by atoms with Crippen molar-refractivity contribution in [3.63, 3.8) is 0 Å². The Bertz CT molecular complexity index is 858. The molecule has 0 saturated heterocycles. The number of fused-ring (bicyclic) bond motifs is 1. The van der Waals surface area contributed by atoms with Crippen molar-refractivity contribution in [2.24, 2.45) is 0 Å². The molecule has 22 heavy (non-hydrogen) atoms. The summed E-state index contributed by atoms with van der Waals surface area (Å²) in [4.78, 5) is 19.4. The third-order valence-corrected chi connectivity index (χ3v) is 3.02. The molecule has 0 radical (unpaired) electrons. The molecule has 0 aromatic carbocycles. The second-order valence-corrected chi connectivity index (χ2v) is 4.64. The molecule has 0 spiro atoms. The minimum absolute atomic E-state index is 0.184. The van der Waals surface area contributed by atoms with Crippen LogP contribution in [-0.4, -0.2) is 32.6 Å². The van der Waals surface area contributed by atoms with Crippen molar-refractivity contribution < 1.29 is 9.53 Å². The third-order valence-electron chi connectivity index (χ3n) is 3.02. The fourth-order valence-electron chi connectivity index (χ4n) is 2.04. The molecule has 112 valence electrons. The molecular weight excluding hydrogens is 284 g/mol. The first-order valence-corrected chi connectivity index (χ1v) is 6.50. The summed E-state index contributed by atoms with van der Waals surface area (Å²) in [6.45, 7) is 1.43. The van der Waals surface area contributed by atoms with Crippen molar-refractivity contribution in [1.29, 1.82) is 0 Å². The highest BCUT2D eigenvalue weighted by Crippen LogP contribution is 2.25. The number of nitrogens with zero attached hydrogens (tertiary/aromatic N) is 4. The fraction of sp³-hybridized carbons (Fsp3) is 0.143. The van der Waals surface area contributed by atoms with Crippen molar-refractivity contribution in [3.05, 3.63) is 30.6 Å². The van der Waals surface area contributed by atoms with E-state index in [1.807, 2.05) is 6.07 Å². The van der Waals surface area contributed by atoms with Gasteiger partial charge in [-0.3, -0.25) is 4.79 Å². The molecule has 3 aromatic rings. The van der Waals surface area contributed by atoms with E-state index in [0.29, 0.717) is 28.7 Å². The predicted molar refractivity (Wildman–Crippen MR) is 81.5 cm³/mol. The maximum absolute atomic E-state index is 11.1. The van der Waals surface area contributed by atoms with Crippen molar-refractivity contribution >= 4 is 23.2 Å². The summed E-state index contributed by atoms with van der Waals surface area (Å²) in [5.74, 6) is 1.08. The number of amides is 1. The van der Waals surface area contributed by atoms with Gasteiger partial charge < -0.3 is 15.8 Å². The summed E-state index contributed by atoms with van der Waals surface area (Å²) in [6, 6.07) is 5.38. The van der Waals surface area contributed by atoms with Gasteiger partial charge in [0.2, 0.25) is 5.91 Å². The Morgan fingerprint density at radius 3 is 2.95 bits per heavy atom. The van der Waals surface area contributed by atoms with Crippen LogP contribution in [0.1, 0.15) is 6.92 Å². The summed E-state index contributed by atoms with van der Waals surface area (Å²) in [5, 5.41) is 7.06. The number of nitrogens with one attached hydrogen (secondary N) is 1. The number of ether oxygens (including phenoxy) is 1. The van der Waals surface area contributed by atoms with Crippen LogP contribution in [0, 0.1) is 0 Å². The SMILES string of the molecule is COc1cc(-c2ccc3nc(NC(C)=O)cn3n2)cnc1N. The molecule has 8 heteroatoms. The van der Waals surface area contributed by atoms with Gasteiger partial charge in [0, 0.05) is 18.7 Å². The van der Waals surface area contributed by atoms with Gasteiger partial charge in [0.1, 0.15) is 0 Å². The predicted octanol–water partition coefficient (Wildman–Crippen LogP) is 1.34. The normalized spacial score (nSPS) is 10.6. The zero-order valence-corrected chi connectivity index (χ0v) is 12.1. The van der Waals surface area contributed by atoms with Gasteiger partial charge in [-0.2, -0.15) is 5.10 Å². The molecule has 0 unspecified atom stereocenters. The topological polar surface area (TPSA) is 107 Å². The second-order valence-electron chi connectivity index (χ2n) is 4.64. The van der Waals surface area contributed by atoms with E-state index in [1.54, 1.807) is 29.0 Å². The zero-order valence-electron chi connectivity index (χ0n) is 12.1. The van der Waals surface area contributed by atoms with E-state index in [-0.39, 0.29) is 5.91 Å². The molecule has 0 bridgehead atoms. The lowest BCUT2D eigenvalue weighted by Gasteiger charge is -2.06. The molecule has 3 N–H and O–H groups in total. The average molecular weight is 298 g/mol. The van der Waals surface area contributed by atoms with Crippen molar-refractivity contribution in [2.75, 3.05) is 18.2 Å². The summed E-state index contributed by atoms with van der Waals surface area (Å²) in [7, 11) is 1.53. The quantitative estimate of drug-likeness (QED) is 0.755. The monoisotopic (exact) mass is 298 g/mol. The Morgan fingerprint density at radius 1 is 1.41 bits per heavy atom. The van der Waals surface area contributed by atoms with E-state index in [9.17, 15) is 4.79 Å². The Hall–Kier alpha value is -3.16. The van der Waals surface area contributed by atoms with Gasteiger partial charge in [-0.25, -0.2) is 14.5 Å². The van der Waals surface area contributed by atoms with Crippen molar-refractivity contribution in [2.45, 2.75) is 6.92 Å². The molecule has 0 fully saturated rings. The molecule has 0 aliphatic heterocycles. The summed E-state index contributed by atoms with van der Waals surface area (Å²) < 4.78 is 6.75. The Labute approximate surface area is 125 Å². The van der Waals surface area contributed by atoms with Crippen molar-refractivity contribution in [3.8, 4) is 17.0 Å². The molecule has 0 saturated carbocycles. The number of carbonyl (C=O) groups is 1. The summed E-state index contributed by atoms with van der Waals surface area (Å²) in [6.07, 6.45) is 3.26. The van der Waals surface area contributed by atoms with Crippen LogP contribution >= 0.6 is 0 Å². The van der Waals surface area contributed by atoms with Crippen LogP contribution in [0.4, 0.5) is 11.6 Å². The largest absolute Gasteiger partial charge is 0.493 e. The van der Waals surface area contributed by atoms with Crippen molar-refractivity contribution in [1.82, 2.24) is 19.6 Å². The Morgan fingerprint density at radius 2 is 2.23 bits per heavy atom. The first kappa shape index (κ1) is 13.8. The van der Waals surface area contributed by atoms with E-state index >= 15 is 0 Å². The van der Waals surface area contributed by atoms with Gasteiger partial charge in [-0.05, 0) is 18.2 Å². The second kappa shape index (κ2) is 5.32. The van der Waals surface area contributed by atoms with Crippen LogP contribution in [0.2, 0.25) is 0 Å². The fourth-order valence-corrected chi connectivity index (χ4v) is 2.04. The van der Waals surface area contributed by atoms with E-state index in [2.05, 4.69) is 20.4 Å². The summed E-state index contributed by atoms with van der Waals surface area (Å²) in [5.41, 5.74) is 7.79. The molecule has 3 heterocycles. The number of carbonyl (C=O) groups excluding carboxylic acids is 1. The van der Waals surface area contributed by atoms with E-state index in [0.717, 1.165) is 5.56 Å². The van der Waals surface area contributed by atoms with Gasteiger partial charge in [-0.15, -0.1) is 0 Å². The highest BCUT2D eigenvalue weighted by atomic mass is 16.5. The number of pyridine rings is 1. The molecule has 8 nitrogen and oxygen atoms in total. The number of anilines is 2. The lowest BCUT2D eigenvalue weighted by molar-refractivity contribution is -0.114. The van der Waals surface area contributed by atoms with E-state index in [4.69, 9.17) is 10.5 Å². The summed E-state index contributed by atoms with van der Waals surface area (Å²) >= 11 is 0. The van der Waals surface area contributed by atoms with Gasteiger partial charge in [0.15, 0.2) is 23.0 Å². The number of methoxy groups -OCH3 is 1. The number of nitrogens with two attached hydrogens (primary N) is 1. The molecular formula is C14H14N6O2. The minimum atomic E-state index is -0.184. The van der Waals surface area contributed by atoms with Crippen LogP contribution in [0.15, 0.2) is 30.6 Å². The first-order valence-electron chi connectivity index (χ1n) is 6.50. The molecule has 1 amide bonds. The van der Waals surface area contributed by atoms with Gasteiger partial charge in [0.05, 0.1) is 19.0 Å². The Balaban J connectivity index is 2.02. The van der Waals surface area contributed by atoms with Crippen LogP contribution in [0.5, 0.6) is 5.75 Å². The lowest BCUT2D eigenvalue weighted by atomic mass is 10.2. The highest BCUT2D eigenvalue weighted by Gasteiger charge is 2.09. The smallest absolute Gasteiger partial charge is 0.222 e. The number of hydrogen-bond acceptors (Lipinski definition) is 6. The van der Waals surface area contributed by atoms with Gasteiger partial charge in [-0.1, -0.05) is 0 Å². The molecule has 0 aliphatic rings. The molecule has 3 rings (SSSR count). The van der Waals surface area contributed by atoms with Gasteiger partial charge >= 0.3 is 0 Å².